The SMILES string of the molecule is C=Cc1cnc2n(c1=O)NC(N1CCc3ncc(C(F)(F)P)cc3C1)C(C)=C2. The van der Waals surface area contributed by atoms with Gasteiger partial charge in [0, 0.05) is 43.2 Å². The number of fused-ring (bicyclic) bond motifs is 2. The summed E-state index contributed by atoms with van der Waals surface area (Å²) in [5, 5.41) is 0. The predicted octanol–water partition coefficient (Wildman–Crippen LogP) is 2.55. The summed E-state index contributed by atoms with van der Waals surface area (Å²) in [5.41, 5.74) is 2.86. The standard InChI is InChI=1S/C19H20F2N5OP/c1-3-12-8-23-16-6-11(2)17(24-26(16)18(12)27)25-5-4-15-13(10-25)7-14(9-22-15)19(20,21)28/h3,6-9,17,24H,1,4-5,10,28H2,2H3. The zero-order valence-corrected chi connectivity index (χ0v) is 16.5. The maximum Gasteiger partial charge on any atom is 0.285 e. The van der Waals surface area contributed by atoms with Gasteiger partial charge in [-0.15, -0.1) is 0 Å². The number of aromatic nitrogens is 3. The molecule has 0 aromatic carbocycles. The van der Waals surface area contributed by atoms with Gasteiger partial charge in [-0.1, -0.05) is 21.9 Å². The Labute approximate surface area is 163 Å². The van der Waals surface area contributed by atoms with Crippen LogP contribution < -0.4 is 11.0 Å². The Morgan fingerprint density at radius 3 is 2.89 bits per heavy atom. The monoisotopic (exact) mass is 403 g/mol. The maximum atomic E-state index is 13.7. The van der Waals surface area contributed by atoms with Crippen molar-refractivity contribution in [2.75, 3.05) is 12.0 Å². The summed E-state index contributed by atoms with van der Waals surface area (Å²) in [4.78, 5) is 23.2. The molecule has 1 N–H and O–H groups in total. The molecule has 0 saturated carbocycles. The number of hydrogen-bond acceptors (Lipinski definition) is 5. The molecule has 0 bridgehead atoms. The highest BCUT2D eigenvalue weighted by Crippen LogP contribution is 2.36. The molecule has 2 aliphatic rings. The highest BCUT2D eigenvalue weighted by atomic mass is 31.0. The van der Waals surface area contributed by atoms with Gasteiger partial charge in [0.15, 0.2) is 5.82 Å². The van der Waals surface area contributed by atoms with Crippen LogP contribution in [0.3, 0.4) is 0 Å². The first-order chi connectivity index (χ1) is 13.3. The van der Waals surface area contributed by atoms with Crippen molar-refractivity contribution in [3.05, 3.63) is 69.2 Å². The highest BCUT2D eigenvalue weighted by Gasteiger charge is 2.31. The fourth-order valence-electron chi connectivity index (χ4n) is 3.58. The van der Waals surface area contributed by atoms with Crippen LogP contribution in [0.5, 0.6) is 0 Å². The van der Waals surface area contributed by atoms with Gasteiger partial charge in [-0.2, -0.15) is 8.78 Å². The number of halogens is 2. The largest absolute Gasteiger partial charge is 0.300 e. The minimum absolute atomic E-state index is 0.122. The van der Waals surface area contributed by atoms with Crippen LogP contribution in [0.4, 0.5) is 8.78 Å². The average molecular weight is 403 g/mol. The smallest absolute Gasteiger partial charge is 0.285 e. The van der Waals surface area contributed by atoms with E-state index in [9.17, 15) is 13.6 Å². The van der Waals surface area contributed by atoms with Gasteiger partial charge < -0.3 is 0 Å². The zero-order chi connectivity index (χ0) is 20.1. The Morgan fingerprint density at radius 2 is 2.18 bits per heavy atom. The van der Waals surface area contributed by atoms with Gasteiger partial charge in [0.1, 0.15) is 6.17 Å². The van der Waals surface area contributed by atoms with E-state index >= 15 is 0 Å². The van der Waals surface area contributed by atoms with Crippen molar-refractivity contribution in [2.45, 2.75) is 31.7 Å². The van der Waals surface area contributed by atoms with Crippen molar-refractivity contribution in [3.8, 4) is 0 Å². The van der Waals surface area contributed by atoms with Crippen LogP contribution in [0.25, 0.3) is 12.2 Å². The van der Waals surface area contributed by atoms with Crippen molar-refractivity contribution in [1.29, 1.82) is 0 Å². The van der Waals surface area contributed by atoms with Crippen molar-refractivity contribution in [2.24, 2.45) is 0 Å². The van der Waals surface area contributed by atoms with E-state index in [0.29, 0.717) is 30.9 Å². The lowest BCUT2D eigenvalue weighted by Gasteiger charge is -2.39. The summed E-state index contributed by atoms with van der Waals surface area (Å²) in [7, 11) is 1.55. The molecule has 0 amide bonds. The lowest BCUT2D eigenvalue weighted by atomic mass is 10.0. The van der Waals surface area contributed by atoms with E-state index in [1.54, 1.807) is 9.24 Å². The van der Waals surface area contributed by atoms with Crippen LogP contribution in [-0.4, -0.2) is 32.3 Å². The minimum atomic E-state index is -3.01. The van der Waals surface area contributed by atoms with Crippen LogP contribution in [-0.2, 0) is 18.6 Å². The van der Waals surface area contributed by atoms with Gasteiger partial charge in [-0.05, 0) is 30.2 Å². The van der Waals surface area contributed by atoms with E-state index in [4.69, 9.17) is 0 Å². The van der Waals surface area contributed by atoms with Gasteiger partial charge >= 0.3 is 0 Å². The van der Waals surface area contributed by atoms with Crippen molar-refractivity contribution in [1.82, 2.24) is 19.5 Å². The molecule has 0 spiro atoms. The fourth-order valence-corrected chi connectivity index (χ4v) is 3.73. The van der Waals surface area contributed by atoms with E-state index in [1.165, 1.54) is 29.2 Å². The molecule has 0 fully saturated rings. The molecule has 0 radical (unpaired) electrons. The van der Waals surface area contributed by atoms with Crippen LogP contribution in [0.15, 0.2) is 35.4 Å². The highest BCUT2D eigenvalue weighted by molar-refractivity contribution is 7.17. The number of nitrogens with zero attached hydrogens (tertiary/aromatic N) is 4. The number of hydrogen-bond donors (Lipinski definition) is 1. The second-order valence-electron chi connectivity index (χ2n) is 7.01. The van der Waals surface area contributed by atoms with Gasteiger partial charge in [-0.25, -0.2) is 9.66 Å². The van der Waals surface area contributed by atoms with E-state index in [0.717, 1.165) is 16.8 Å². The van der Waals surface area contributed by atoms with E-state index < -0.39 is 5.66 Å². The van der Waals surface area contributed by atoms with Crippen LogP contribution in [0.2, 0.25) is 0 Å². The molecule has 9 heteroatoms. The van der Waals surface area contributed by atoms with Crippen molar-refractivity contribution < 1.29 is 8.78 Å². The Balaban J connectivity index is 1.65. The van der Waals surface area contributed by atoms with Crippen molar-refractivity contribution in [3.63, 3.8) is 0 Å². The first-order valence-electron chi connectivity index (χ1n) is 8.86. The summed E-state index contributed by atoms with van der Waals surface area (Å²) in [6.07, 6.45) is 6.47. The topological polar surface area (TPSA) is 63.1 Å². The van der Waals surface area contributed by atoms with Gasteiger partial charge in [0.2, 0.25) is 0 Å². The fraction of sp³-hybridized carbons (Fsp3) is 0.316. The Hall–Kier alpha value is -2.44. The molecule has 2 aromatic rings. The number of alkyl halides is 2. The number of pyridine rings is 1. The molecule has 2 aliphatic heterocycles. The molecule has 2 aromatic heterocycles. The summed E-state index contributed by atoms with van der Waals surface area (Å²) >= 11 is 0. The number of nitrogens with one attached hydrogen (secondary N) is 1. The van der Waals surface area contributed by atoms with Crippen LogP contribution >= 0.6 is 9.24 Å². The number of rotatable bonds is 3. The molecule has 6 nitrogen and oxygen atoms in total. The normalized spacial score (nSPS) is 19.3. The lowest BCUT2D eigenvalue weighted by molar-refractivity contribution is 0.103. The molecule has 2 unspecified atom stereocenters. The molecule has 0 aliphatic carbocycles. The second kappa shape index (κ2) is 6.87. The molecular weight excluding hydrogens is 383 g/mol. The molecule has 4 rings (SSSR count). The minimum Gasteiger partial charge on any atom is -0.300 e. The molecule has 146 valence electrons. The second-order valence-corrected chi connectivity index (χ2v) is 7.73. The Morgan fingerprint density at radius 1 is 1.39 bits per heavy atom. The quantitative estimate of drug-likeness (QED) is 0.799. The van der Waals surface area contributed by atoms with Gasteiger partial charge in [-0.3, -0.25) is 20.1 Å². The van der Waals surface area contributed by atoms with E-state index in [2.05, 4.69) is 26.9 Å². The third-order valence-corrected chi connectivity index (χ3v) is 5.43. The first-order valence-corrected chi connectivity index (χ1v) is 9.44. The van der Waals surface area contributed by atoms with E-state index in [1.807, 2.05) is 13.0 Å². The molecule has 4 heterocycles. The summed E-state index contributed by atoms with van der Waals surface area (Å²) in [5.74, 6) is 0.522. The van der Waals surface area contributed by atoms with Crippen LogP contribution in [0.1, 0.15) is 35.1 Å². The zero-order valence-electron chi connectivity index (χ0n) is 15.3. The van der Waals surface area contributed by atoms with E-state index in [-0.39, 0.29) is 17.3 Å². The molecule has 0 saturated heterocycles. The molecule has 28 heavy (non-hydrogen) atoms. The summed E-state index contributed by atoms with van der Waals surface area (Å²) < 4.78 is 28.7. The van der Waals surface area contributed by atoms with Crippen LogP contribution in [0, 0.1) is 0 Å². The Bertz CT molecular complexity index is 1040. The predicted molar refractivity (Wildman–Crippen MR) is 107 cm³/mol. The summed E-state index contributed by atoms with van der Waals surface area (Å²) in [6, 6.07) is 1.51. The Kier molecular flexibility index (Phi) is 4.63. The van der Waals surface area contributed by atoms with Gasteiger partial charge in [0.05, 0.1) is 5.56 Å². The average Bonchev–Trinajstić information content (AvgIpc) is 2.66. The third kappa shape index (κ3) is 3.27. The maximum absolute atomic E-state index is 13.7. The summed E-state index contributed by atoms with van der Waals surface area (Å²) in [6.45, 7) is 6.74. The first kappa shape index (κ1) is 18.9. The van der Waals surface area contributed by atoms with Crippen molar-refractivity contribution >= 4 is 21.4 Å². The molecule has 2 atom stereocenters. The lowest BCUT2D eigenvalue weighted by Crippen LogP contribution is -2.52. The molecular formula is C19H20F2N5OP. The van der Waals surface area contributed by atoms with Gasteiger partial charge in [0.25, 0.3) is 11.2 Å². The third-order valence-electron chi connectivity index (χ3n) is 5.09.